The number of H-pyrrole nitrogens is 1. The van der Waals surface area contributed by atoms with Gasteiger partial charge in [0, 0.05) is 24.8 Å². The number of hydrogen-bond donors (Lipinski definition) is 2. The highest BCUT2D eigenvalue weighted by molar-refractivity contribution is 7.80. The van der Waals surface area contributed by atoms with Crippen LogP contribution in [0.2, 0.25) is 0 Å². The average Bonchev–Trinajstić information content (AvgIpc) is 3.10. The molecule has 0 bridgehead atoms. The van der Waals surface area contributed by atoms with E-state index in [0.29, 0.717) is 12.1 Å². The van der Waals surface area contributed by atoms with Gasteiger partial charge in [0.2, 0.25) is 0 Å². The maximum atomic E-state index is 12.8. The molecule has 0 aliphatic heterocycles. The van der Waals surface area contributed by atoms with Gasteiger partial charge in [-0.05, 0) is 40.2 Å². The SMILES string of the molecule is CCOC(=O)NC(=S)N(CCOC(CF)C(F)F)c1c(CN(C)C)c[nH]c1C(=O)OCC. The number of carbonyl (C=O) groups excluding carboxylic acids is 2. The van der Waals surface area contributed by atoms with Crippen LogP contribution in [0.15, 0.2) is 6.20 Å². The first kappa shape index (κ1) is 27.7. The Balaban J connectivity index is 3.31. The Labute approximate surface area is 190 Å². The van der Waals surface area contributed by atoms with Gasteiger partial charge in [0.1, 0.15) is 18.5 Å². The number of thiocarbonyl (C=S) groups is 1. The third-order valence-corrected chi connectivity index (χ3v) is 4.30. The van der Waals surface area contributed by atoms with Crippen LogP contribution < -0.4 is 10.2 Å². The molecule has 13 heteroatoms. The monoisotopic (exact) mass is 482 g/mol. The van der Waals surface area contributed by atoms with Crippen molar-refractivity contribution >= 4 is 35.1 Å². The Kier molecular flexibility index (Phi) is 12.0. The molecule has 0 fully saturated rings. The molecule has 1 atom stereocenters. The predicted octanol–water partition coefficient (Wildman–Crippen LogP) is 2.71. The summed E-state index contributed by atoms with van der Waals surface area (Å²) in [6.07, 6.45) is -4.17. The van der Waals surface area contributed by atoms with Crippen molar-refractivity contribution in [2.45, 2.75) is 32.9 Å². The summed E-state index contributed by atoms with van der Waals surface area (Å²) in [6.45, 7) is 1.92. The minimum atomic E-state index is -3.01. The summed E-state index contributed by atoms with van der Waals surface area (Å²) in [7, 11) is 3.61. The quantitative estimate of drug-likeness (QED) is 0.347. The number of nitrogens with one attached hydrogen (secondary N) is 2. The number of alkyl carbamates (subject to hydrolysis) is 1. The van der Waals surface area contributed by atoms with Crippen LogP contribution in [0.1, 0.15) is 29.9 Å². The van der Waals surface area contributed by atoms with Crippen molar-refractivity contribution in [2.75, 3.05) is 52.0 Å². The second-order valence-corrected chi connectivity index (χ2v) is 7.08. The van der Waals surface area contributed by atoms with Crippen LogP contribution in [0, 0.1) is 0 Å². The number of alkyl halides is 3. The van der Waals surface area contributed by atoms with Gasteiger partial charge in [-0.1, -0.05) is 0 Å². The number of halogens is 3. The highest BCUT2D eigenvalue weighted by Gasteiger charge is 2.28. The van der Waals surface area contributed by atoms with E-state index in [4.69, 9.17) is 26.4 Å². The first-order chi connectivity index (χ1) is 15.2. The fourth-order valence-electron chi connectivity index (χ4n) is 2.70. The zero-order chi connectivity index (χ0) is 24.3. The van der Waals surface area contributed by atoms with Crippen molar-refractivity contribution in [1.82, 2.24) is 15.2 Å². The standard InChI is InChI=1S/C19H29F3N4O5S/c1-5-29-17(27)14-15(12(10-23-14)11-25(3)4)26(18(32)24-19(28)30-6-2)7-8-31-13(9-20)16(21)22/h10,13,16,23H,5-9,11H2,1-4H3,(H,24,28,32). The van der Waals surface area contributed by atoms with Crippen LogP contribution in [0.3, 0.4) is 0 Å². The number of ether oxygens (including phenoxy) is 3. The number of carbonyl (C=O) groups is 2. The topological polar surface area (TPSA) is 96.1 Å². The smallest absolute Gasteiger partial charge is 0.413 e. The summed E-state index contributed by atoms with van der Waals surface area (Å²) >= 11 is 5.31. The molecule has 0 saturated heterocycles. The highest BCUT2D eigenvalue weighted by Crippen LogP contribution is 2.28. The molecule has 0 radical (unpaired) electrons. The van der Waals surface area contributed by atoms with Crippen molar-refractivity contribution in [3.63, 3.8) is 0 Å². The Hall–Kier alpha value is -2.38. The number of nitrogens with zero attached hydrogens (tertiary/aromatic N) is 2. The minimum absolute atomic E-state index is 0.0487. The largest absolute Gasteiger partial charge is 0.461 e. The molecule has 32 heavy (non-hydrogen) atoms. The third kappa shape index (κ3) is 8.28. The number of amides is 1. The molecule has 1 unspecified atom stereocenters. The number of aromatic amines is 1. The summed E-state index contributed by atoms with van der Waals surface area (Å²) in [5.41, 5.74) is 0.936. The summed E-state index contributed by atoms with van der Waals surface area (Å²) in [4.78, 5) is 30.4. The molecular formula is C19H29F3N4O5S. The van der Waals surface area contributed by atoms with E-state index in [-0.39, 0.29) is 42.9 Å². The van der Waals surface area contributed by atoms with Gasteiger partial charge in [0.15, 0.2) is 5.11 Å². The van der Waals surface area contributed by atoms with E-state index in [0.717, 1.165) is 0 Å². The lowest BCUT2D eigenvalue weighted by atomic mass is 10.2. The number of rotatable bonds is 12. The normalized spacial score (nSPS) is 12.0. The van der Waals surface area contributed by atoms with Crippen molar-refractivity contribution in [1.29, 1.82) is 0 Å². The molecule has 0 aliphatic carbocycles. The van der Waals surface area contributed by atoms with Gasteiger partial charge in [-0.25, -0.2) is 22.8 Å². The fourth-order valence-corrected chi connectivity index (χ4v) is 2.97. The third-order valence-electron chi connectivity index (χ3n) is 3.98. The molecule has 1 rings (SSSR count). The van der Waals surface area contributed by atoms with E-state index in [1.54, 1.807) is 34.1 Å². The molecule has 1 heterocycles. The lowest BCUT2D eigenvalue weighted by Crippen LogP contribution is -2.46. The molecule has 0 saturated carbocycles. The Bertz CT molecular complexity index is 763. The Morgan fingerprint density at radius 2 is 1.88 bits per heavy atom. The van der Waals surface area contributed by atoms with E-state index in [1.807, 2.05) is 4.90 Å². The van der Waals surface area contributed by atoms with Gasteiger partial charge in [-0.15, -0.1) is 0 Å². The lowest BCUT2D eigenvalue weighted by Gasteiger charge is -2.28. The van der Waals surface area contributed by atoms with Gasteiger partial charge in [0.25, 0.3) is 6.43 Å². The molecule has 2 N–H and O–H groups in total. The molecule has 182 valence electrons. The van der Waals surface area contributed by atoms with Gasteiger partial charge < -0.3 is 29.0 Å². The van der Waals surface area contributed by atoms with Gasteiger partial charge in [0.05, 0.1) is 25.5 Å². The fraction of sp³-hybridized carbons (Fsp3) is 0.632. The summed E-state index contributed by atoms with van der Waals surface area (Å²) in [6, 6.07) is 0. The van der Waals surface area contributed by atoms with E-state index in [9.17, 15) is 22.8 Å². The van der Waals surface area contributed by atoms with Crippen molar-refractivity contribution in [2.24, 2.45) is 0 Å². The summed E-state index contributed by atoms with van der Waals surface area (Å²) in [5.74, 6) is -0.674. The summed E-state index contributed by atoms with van der Waals surface area (Å²) < 4.78 is 53.3. The van der Waals surface area contributed by atoms with Crippen LogP contribution in [-0.2, 0) is 20.8 Å². The Morgan fingerprint density at radius 3 is 2.41 bits per heavy atom. The van der Waals surface area contributed by atoms with Crippen molar-refractivity contribution < 1.29 is 37.0 Å². The van der Waals surface area contributed by atoms with Crippen LogP contribution in [-0.4, -0.2) is 86.7 Å². The van der Waals surface area contributed by atoms with Crippen LogP contribution >= 0.6 is 12.2 Å². The van der Waals surface area contributed by atoms with Gasteiger partial charge >= 0.3 is 12.1 Å². The minimum Gasteiger partial charge on any atom is -0.461 e. The average molecular weight is 483 g/mol. The lowest BCUT2D eigenvalue weighted by molar-refractivity contribution is -0.0628. The molecule has 0 spiro atoms. The number of hydrogen-bond acceptors (Lipinski definition) is 7. The maximum Gasteiger partial charge on any atom is 0.413 e. The highest BCUT2D eigenvalue weighted by atomic mass is 32.1. The first-order valence-corrected chi connectivity index (χ1v) is 10.3. The van der Waals surface area contributed by atoms with Crippen LogP contribution in [0.4, 0.5) is 23.7 Å². The predicted molar refractivity (Wildman–Crippen MR) is 116 cm³/mol. The molecule has 1 amide bonds. The summed E-state index contributed by atoms with van der Waals surface area (Å²) in [5, 5.41) is 2.20. The van der Waals surface area contributed by atoms with E-state index in [1.165, 1.54) is 4.90 Å². The molecule has 0 aliphatic rings. The molecule has 0 aromatic carbocycles. The Morgan fingerprint density at radius 1 is 1.22 bits per heavy atom. The van der Waals surface area contributed by atoms with E-state index >= 15 is 0 Å². The zero-order valence-corrected chi connectivity index (χ0v) is 19.3. The first-order valence-electron chi connectivity index (χ1n) is 9.89. The zero-order valence-electron chi connectivity index (χ0n) is 18.5. The van der Waals surface area contributed by atoms with E-state index in [2.05, 4.69) is 10.3 Å². The van der Waals surface area contributed by atoms with Gasteiger partial charge in [-0.3, -0.25) is 5.32 Å². The molecule has 1 aromatic heterocycles. The number of aromatic nitrogens is 1. The maximum absolute atomic E-state index is 12.8. The second kappa shape index (κ2) is 13.9. The molecule has 1 aromatic rings. The van der Waals surface area contributed by atoms with Gasteiger partial charge in [-0.2, -0.15) is 0 Å². The molecular weight excluding hydrogens is 453 g/mol. The molecule has 9 nitrogen and oxygen atoms in total. The van der Waals surface area contributed by atoms with E-state index < -0.39 is 31.3 Å². The number of anilines is 1. The van der Waals surface area contributed by atoms with Crippen molar-refractivity contribution in [3.05, 3.63) is 17.5 Å². The van der Waals surface area contributed by atoms with Crippen molar-refractivity contribution in [3.8, 4) is 0 Å². The second-order valence-electron chi connectivity index (χ2n) is 6.70. The van der Waals surface area contributed by atoms with Crippen LogP contribution in [0.5, 0.6) is 0 Å². The van der Waals surface area contributed by atoms with Crippen LogP contribution in [0.25, 0.3) is 0 Å². The number of esters is 1.